The molecule has 0 saturated carbocycles. The van der Waals surface area contributed by atoms with E-state index < -0.39 is 10.1 Å². The molecule has 0 aliphatic carbocycles. The van der Waals surface area contributed by atoms with Gasteiger partial charge in [0.05, 0.1) is 43.3 Å². The highest BCUT2D eigenvalue weighted by Gasteiger charge is 2.15. The first kappa shape index (κ1) is 29.6. The predicted octanol–water partition coefficient (Wildman–Crippen LogP) is 6.62. The second kappa shape index (κ2) is 12.9. The van der Waals surface area contributed by atoms with Gasteiger partial charge in [0.2, 0.25) is 0 Å². The third-order valence-electron chi connectivity index (χ3n) is 5.77. The highest BCUT2D eigenvalue weighted by Crippen LogP contribution is 2.40. The molecule has 0 aliphatic heterocycles. The van der Waals surface area contributed by atoms with Crippen molar-refractivity contribution in [3.63, 3.8) is 0 Å². The van der Waals surface area contributed by atoms with Crippen LogP contribution in [0.3, 0.4) is 0 Å². The van der Waals surface area contributed by atoms with Crippen molar-refractivity contribution in [1.82, 2.24) is 0 Å². The molecule has 0 fully saturated rings. The fourth-order valence-electron chi connectivity index (χ4n) is 3.61. The van der Waals surface area contributed by atoms with Crippen molar-refractivity contribution >= 4 is 50.1 Å². The number of anilines is 2. The van der Waals surface area contributed by atoms with Crippen molar-refractivity contribution in [1.29, 1.82) is 0 Å². The molecule has 0 atom stereocenters. The quantitative estimate of drug-likeness (QED) is 0.104. The Kier molecular flexibility index (Phi) is 9.09. The topological polar surface area (TPSA) is 187 Å². The Morgan fingerprint density at radius 1 is 0.714 bits per heavy atom. The highest BCUT2D eigenvalue weighted by atomic mass is 32.2. The molecule has 216 valence electrons. The van der Waals surface area contributed by atoms with Gasteiger partial charge in [-0.05, 0) is 60.7 Å². The third-order valence-corrected chi connectivity index (χ3v) is 6.63. The number of methoxy groups -OCH3 is 3. The van der Waals surface area contributed by atoms with Crippen molar-refractivity contribution < 1.29 is 32.0 Å². The van der Waals surface area contributed by atoms with Gasteiger partial charge in [0, 0.05) is 29.4 Å². The maximum atomic E-state index is 12.7. The number of nitrogens with two attached hydrogens (primary N) is 1. The number of nitrogens with zero attached hydrogens (tertiary/aromatic N) is 4. The number of carbonyl (C=O) groups excluding carboxylic acids is 1. The Morgan fingerprint density at radius 3 is 1.90 bits per heavy atom. The zero-order chi connectivity index (χ0) is 30.3. The molecule has 4 aromatic rings. The number of ether oxygens (including phenoxy) is 3. The number of benzene rings is 4. The molecule has 0 heterocycles. The van der Waals surface area contributed by atoms with Crippen molar-refractivity contribution in [2.75, 3.05) is 32.4 Å². The Morgan fingerprint density at radius 2 is 1.29 bits per heavy atom. The Labute approximate surface area is 241 Å². The van der Waals surface area contributed by atoms with Gasteiger partial charge in [0.1, 0.15) is 28.6 Å². The van der Waals surface area contributed by atoms with Gasteiger partial charge in [0.15, 0.2) is 0 Å². The molecule has 4 N–H and O–H groups in total. The van der Waals surface area contributed by atoms with E-state index in [1.54, 1.807) is 54.6 Å². The van der Waals surface area contributed by atoms with Crippen LogP contribution in [0.1, 0.15) is 10.4 Å². The highest BCUT2D eigenvalue weighted by molar-refractivity contribution is 7.85. The van der Waals surface area contributed by atoms with Crippen molar-refractivity contribution in [2.24, 2.45) is 20.5 Å². The molecule has 4 aromatic carbocycles. The molecular formula is C28H26N6O7S. The summed E-state index contributed by atoms with van der Waals surface area (Å²) >= 11 is 0. The molecule has 0 bridgehead atoms. The van der Waals surface area contributed by atoms with Crippen LogP contribution in [-0.2, 0) is 10.1 Å². The molecule has 42 heavy (non-hydrogen) atoms. The Balaban J connectivity index is 1.54. The number of rotatable bonds is 10. The molecule has 14 heteroatoms. The van der Waals surface area contributed by atoms with Gasteiger partial charge >= 0.3 is 0 Å². The lowest BCUT2D eigenvalue weighted by molar-refractivity contribution is 0.102. The van der Waals surface area contributed by atoms with Crippen LogP contribution in [0.5, 0.6) is 17.2 Å². The van der Waals surface area contributed by atoms with Crippen molar-refractivity contribution in [3.8, 4) is 17.2 Å². The van der Waals surface area contributed by atoms with E-state index in [2.05, 4.69) is 25.8 Å². The van der Waals surface area contributed by atoms with Gasteiger partial charge < -0.3 is 25.3 Å². The summed E-state index contributed by atoms with van der Waals surface area (Å²) in [6, 6.07) is 19.7. The van der Waals surface area contributed by atoms with Crippen LogP contribution >= 0.6 is 0 Å². The third kappa shape index (κ3) is 7.24. The second-order valence-electron chi connectivity index (χ2n) is 8.53. The Bertz CT molecular complexity index is 1760. The van der Waals surface area contributed by atoms with Crippen LogP contribution in [-0.4, -0.2) is 40.2 Å². The fourth-order valence-corrected chi connectivity index (χ4v) is 4.09. The normalized spacial score (nSPS) is 11.5. The van der Waals surface area contributed by atoms with E-state index in [1.807, 2.05) is 0 Å². The lowest BCUT2D eigenvalue weighted by Gasteiger charge is -2.13. The van der Waals surface area contributed by atoms with Crippen LogP contribution < -0.4 is 25.3 Å². The van der Waals surface area contributed by atoms with Gasteiger partial charge in [-0.3, -0.25) is 9.35 Å². The number of nitrogen functional groups attached to an aromatic ring is 1. The van der Waals surface area contributed by atoms with Crippen molar-refractivity contribution in [3.05, 3.63) is 84.4 Å². The van der Waals surface area contributed by atoms with Crippen LogP contribution in [0.2, 0.25) is 0 Å². The van der Waals surface area contributed by atoms with E-state index in [9.17, 15) is 13.2 Å². The van der Waals surface area contributed by atoms with Crippen LogP contribution in [0, 0.1) is 0 Å². The largest absolute Gasteiger partial charge is 0.494 e. The summed E-state index contributed by atoms with van der Waals surface area (Å²) in [5.41, 5.74) is 8.56. The van der Waals surface area contributed by atoms with E-state index in [0.717, 1.165) is 0 Å². The number of hydrogen-bond donors (Lipinski definition) is 3. The van der Waals surface area contributed by atoms with Gasteiger partial charge in [0.25, 0.3) is 16.0 Å². The van der Waals surface area contributed by atoms with Crippen LogP contribution in [0.4, 0.5) is 34.1 Å². The molecule has 0 spiro atoms. The number of nitrogens with one attached hydrogen (secondary N) is 1. The monoisotopic (exact) mass is 590 g/mol. The smallest absolute Gasteiger partial charge is 0.294 e. The molecule has 0 radical (unpaired) electrons. The van der Waals surface area contributed by atoms with E-state index in [-0.39, 0.29) is 10.8 Å². The van der Waals surface area contributed by atoms with Crippen molar-refractivity contribution in [2.45, 2.75) is 4.90 Å². The summed E-state index contributed by atoms with van der Waals surface area (Å²) in [4.78, 5) is 12.5. The number of carbonyl (C=O) groups is 1. The zero-order valence-electron chi connectivity index (χ0n) is 22.7. The molecular weight excluding hydrogens is 564 g/mol. The molecule has 0 aromatic heterocycles. The first-order valence-electron chi connectivity index (χ1n) is 12.1. The zero-order valence-corrected chi connectivity index (χ0v) is 23.5. The number of hydrogen-bond acceptors (Lipinski definition) is 11. The molecule has 1 amide bonds. The predicted molar refractivity (Wildman–Crippen MR) is 156 cm³/mol. The van der Waals surface area contributed by atoms with E-state index in [0.29, 0.717) is 56.9 Å². The molecule has 13 nitrogen and oxygen atoms in total. The van der Waals surface area contributed by atoms with E-state index in [4.69, 9.17) is 24.5 Å². The summed E-state index contributed by atoms with van der Waals surface area (Å²) in [7, 11) is 0.0877. The van der Waals surface area contributed by atoms with Gasteiger partial charge in [-0.2, -0.15) is 18.6 Å². The second-order valence-corrected chi connectivity index (χ2v) is 9.95. The average Bonchev–Trinajstić information content (AvgIpc) is 2.99. The minimum atomic E-state index is -4.30. The Hall–Kier alpha value is -5.34. The lowest BCUT2D eigenvalue weighted by Crippen LogP contribution is -2.12. The van der Waals surface area contributed by atoms with Crippen LogP contribution in [0.25, 0.3) is 0 Å². The maximum absolute atomic E-state index is 12.7. The number of azo groups is 2. The standard InChI is InChI=1S/C28H26N6O7S/c1-39-25-14-20(32-31-19-8-11-21(12-9-19)42(36,37)38)10-13-22(25)33-34-24-16-26(40-2)23(15-27(24)41-3)30-28(35)17-4-6-18(29)7-5-17/h4-16H,29H2,1-3H3,(H,30,35)(H,36,37,38). The van der Waals surface area contributed by atoms with E-state index >= 15 is 0 Å². The molecule has 0 saturated heterocycles. The lowest BCUT2D eigenvalue weighted by atomic mass is 10.2. The number of amides is 1. The molecule has 0 unspecified atom stereocenters. The summed E-state index contributed by atoms with van der Waals surface area (Å²) in [6.45, 7) is 0. The maximum Gasteiger partial charge on any atom is 0.294 e. The SMILES string of the molecule is COc1cc(N=Nc2ccc(S(=O)(=O)O)cc2)ccc1N=Nc1cc(OC)c(NC(=O)c2ccc(N)cc2)cc1OC. The van der Waals surface area contributed by atoms with Gasteiger partial charge in [-0.15, -0.1) is 10.2 Å². The summed E-state index contributed by atoms with van der Waals surface area (Å²) < 4.78 is 47.8. The fraction of sp³-hybridized carbons (Fsp3) is 0.107. The summed E-state index contributed by atoms with van der Waals surface area (Å²) in [5, 5.41) is 19.6. The minimum absolute atomic E-state index is 0.246. The van der Waals surface area contributed by atoms with E-state index in [1.165, 1.54) is 45.6 Å². The summed E-state index contributed by atoms with van der Waals surface area (Å²) in [6.07, 6.45) is 0. The van der Waals surface area contributed by atoms with Crippen LogP contribution in [0.15, 0.2) is 104 Å². The first-order valence-corrected chi connectivity index (χ1v) is 13.6. The van der Waals surface area contributed by atoms with Gasteiger partial charge in [-0.1, -0.05) is 0 Å². The molecule has 0 aliphatic rings. The van der Waals surface area contributed by atoms with Gasteiger partial charge in [-0.25, -0.2) is 0 Å². The molecule has 4 rings (SSSR count). The first-order chi connectivity index (χ1) is 20.1. The average molecular weight is 591 g/mol. The minimum Gasteiger partial charge on any atom is -0.494 e. The summed E-state index contributed by atoms with van der Waals surface area (Å²) in [5.74, 6) is 0.662.